The number of unbranched alkanes of at least 4 members (excludes halogenated alkanes) is 1. The molecule has 0 aliphatic carbocycles. The predicted molar refractivity (Wildman–Crippen MR) is 73.5 cm³/mol. The second-order valence-corrected chi connectivity index (χ2v) is 6.56. The summed E-state index contributed by atoms with van der Waals surface area (Å²) in [7, 11) is -3.66. The Morgan fingerprint density at radius 2 is 1.90 bits per heavy atom. The molecule has 20 heavy (non-hydrogen) atoms. The molecule has 0 unspecified atom stereocenters. The van der Waals surface area contributed by atoms with E-state index in [1.54, 1.807) is 0 Å². The highest BCUT2D eigenvalue weighted by atomic mass is 35.5. The van der Waals surface area contributed by atoms with Gasteiger partial charge in [-0.25, -0.2) is 8.42 Å². The van der Waals surface area contributed by atoms with Gasteiger partial charge in [0.2, 0.25) is 10.0 Å². The first-order valence-electron chi connectivity index (χ1n) is 5.90. The number of benzene rings is 1. The van der Waals surface area contributed by atoms with E-state index in [0.717, 1.165) is 6.07 Å². The Labute approximate surface area is 121 Å². The van der Waals surface area contributed by atoms with E-state index in [0.29, 0.717) is 18.7 Å². The maximum atomic E-state index is 12.7. The summed E-state index contributed by atoms with van der Waals surface area (Å²) in [5.41, 5.74) is -0.894. The van der Waals surface area contributed by atoms with Crippen molar-refractivity contribution in [3.8, 4) is 0 Å². The summed E-state index contributed by atoms with van der Waals surface area (Å²) in [6.07, 6.45) is -3.62. The topological polar surface area (TPSA) is 46.2 Å². The minimum atomic E-state index is -4.51. The monoisotopic (exact) mass is 329 g/mol. The second-order valence-electron chi connectivity index (χ2n) is 4.34. The first kappa shape index (κ1) is 17.1. The van der Waals surface area contributed by atoms with Gasteiger partial charge in [0, 0.05) is 11.6 Å². The molecule has 0 aliphatic heterocycles. The fourth-order valence-corrected chi connectivity index (χ4v) is 2.97. The van der Waals surface area contributed by atoms with Gasteiger partial charge in [-0.05, 0) is 37.5 Å². The van der Waals surface area contributed by atoms with Crippen LogP contribution in [0.25, 0.3) is 0 Å². The Morgan fingerprint density at radius 1 is 1.25 bits per heavy atom. The van der Waals surface area contributed by atoms with Gasteiger partial charge < -0.3 is 0 Å². The fraction of sp³-hybridized carbons (Fsp3) is 0.500. The average Bonchev–Trinajstić information content (AvgIpc) is 2.30. The molecule has 0 fully saturated rings. The van der Waals surface area contributed by atoms with Gasteiger partial charge in [-0.15, -0.1) is 11.6 Å². The molecule has 0 bridgehead atoms. The van der Waals surface area contributed by atoms with Crippen LogP contribution in [-0.4, -0.2) is 20.1 Å². The summed E-state index contributed by atoms with van der Waals surface area (Å²) in [4.78, 5) is 0. The number of alkyl halides is 4. The summed E-state index contributed by atoms with van der Waals surface area (Å²) < 4.78 is 63.7. The van der Waals surface area contributed by atoms with Crippen LogP contribution < -0.4 is 4.72 Å². The fourth-order valence-electron chi connectivity index (χ4n) is 1.61. The van der Waals surface area contributed by atoms with E-state index >= 15 is 0 Å². The highest BCUT2D eigenvalue weighted by Gasteiger charge is 2.32. The number of anilines is 1. The molecule has 0 amide bonds. The van der Waals surface area contributed by atoms with Crippen LogP contribution in [0.2, 0.25) is 0 Å². The number of nitrogens with one attached hydrogen (secondary N) is 1. The maximum Gasteiger partial charge on any atom is 0.416 e. The summed E-state index contributed by atoms with van der Waals surface area (Å²) in [5, 5.41) is 0. The summed E-state index contributed by atoms with van der Waals surface area (Å²) in [6, 6.07) is 3.34. The van der Waals surface area contributed by atoms with Gasteiger partial charge in [0.15, 0.2) is 0 Å². The number of sulfonamides is 1. The number of rotatable bonds is 6. The molecule has 0 aliphatic rings. The van der Waals surface area contributed by atoms with Crippen LogP contribution in [0.4, 0.5) is 18.9 Å². The van der Waals surface area contributed by atoms with Crippen molar-refractivity contribution in [1.82, 2.24) is 0 Å². The molecule has 0 radical (unpaired) electrons. The van der Waals surface area contributed by atoms with Gasteiger partial charge in [-0.3, -0.25) is 4.72 Å². The number of aryl methyl sites for hydroxylation is 1. The van der Waals surface area contributed by atoms with E-state index in [4.69, 9.17) is 11.6 Å². The zero-order chi connectivity index (χ0) is 15.4. The molecule has 0 atom stereocenters. The van der Waals surface area contributed by atoms with E-state index in [1.807, 2.05) is 0 Å². The van der Waals surface area contributed by atoms with Crippen molar-refractivity contribution >= 4 is 27.3 Å². The third-order valence-corrected chi connectivity index (χ3v) is 4.25. The Balaban J connectivity index is 2.88. The van der Waals surface area contributed by atoms with Crippen molar-refractivity contribution in [2.24, 2.45) is 0 Å². The minimum Gasteiger partial charge on any atom is -0.284 e. The lowest BCUT2D eigenvalue weighted by Gasteiger charge is -2.13. The van der Waals surface area contributed by atoms with Crippen molar-refractivity contribution in [1.29, 1.82) is 0 Å². The largest absolute Gasteiger partial charge is 0.416 e. The Bertz CT molecular complexity index is 558. The normalized spacial score (nSPS) is 12.4. The molecule has 1 rings (SSSR count). The predicted octanol–water partition coefficient (Wildman–Crippen LogP) is 3.77. The Hall–Kier alpha value is -0.950. The maximum absolute atomic E-state index is 12.7. The van der Waals surface area contributed by atoms with Crippen LogP contribution in [0.3, 0.4) is 0 Å². The Kier molecular flexibility index (Phi) is 5.70. The second kappa shape index (κ2) is 6.67. The van der Waals surface area contributed by atoms with E-state index in [2.05, 4.69) is 4.72 Å². The lowest BCUT2D eigenvalue weighted by Crippen LogP contribution is -2.17. The van der Waals surface area contributed by atoms with E-state index in [1.165, 1.54) is 19.1 Å². The van der Waals surface area contributed by atoms with Crippen molar-refractivity contribution < 1.29 is 21.6 Å². The Morgan fingerprint density at radius 3 is 2.45 bits per heavy atom. The first-order valence-corrected chi connectivity index (χ1v) is 8.09. The van der Waals surface area contributed by atoms with E-state index in [-0.39, 0.29) is 17.0 Å². The zero-order valence-electron chi connectivity index (χ0n) is 10.8. The molecule has 1 aromatic rings. The molecule has 1 N–H and O–H groups in total. The zero-order valence-corrected chi connectivity index (χ0v) is 12.4. The third kappa shape index (κ3) is 5.20. The molecule has 0 saturated heterocycles. The van der Waals surface area contributed by atoms with E-state index in [9.17, 15) is 21.6 Å². The van der Waals surface area contributed by atoms with Crippen LogP contribution in [-0.2, 0) is 16.2 Å². The molecule has 1 aromatic carbocycles. The van der Waals surface area contributed by atoms with Gasteiger partial charge in [0.25, 0.3) is 0 Å². The average molecular weight is 330 g/mol. The van der Waals surface area contributed by atoms with Crippen molar-refractivity contribution in [3.05, 3.63) is 29.3 Å². The molecule has 0 spiro atoms. The lowest BCUT2D eigenvalue weighted by atomic mass is 10.1. The third-order valence-electron chi connectivity index (χ3n) is 2.61. The molecule has 0 heterocycles. The van der Waals surface area contributed by atoms with Gasteiger partial charge >= 0.3 is 6.18 Å². The van der Waals surface area contributed by atoms with Gasteiger partial charge in [0.1, 0.15) is 0 Å². The SMILES string of the molecule is Cc1ccc(NS(=O)(=O)CCCCCl)cc1C(F)(F)F. The van der Waals surface area contributed by atoms with Crippen LogP contribution in [0.15, 0.2) is 18.2 Å². The number of halogens is 4. The van der Waals surface area contributed by atoms with E-state index < -0.39 is 21.8 Å². The van der Waals surface area contributed by atoms with Crippen LogP contribution in [0.5, 0.6) is 0 Å². The van der Waals surface area contributed by atoms with Gasteiger partial charge in [0.05, 0.1) is 11.3 Å². The van der Waals surface area contributed by atoms with Crippen molar-refractivity contribution in [2.75, 3.05) is 16.4 Å². The quantitative estimate of drug-likeness (QED) is 0.638. The molecule has 3 nitrogen and oxygen atoms in total. The van der Waals surface area contributed by atoms with Crippen LogP contribution >= 0.6 is 11.6 Å². The summed E-state index contributed by atoms with van der Waals surface area (Å²) in [5.74, 6) is 0.174. The van der Waals surface area contributed by atoms with Gasteiger partial charge in [-0.2, -0.15) is 13.2 Å². The van der Waals surface area contributed by atoms with Crippen LogP contribution in [0, 0.1) is 6.92 Å². The molecule has 0 aromatic heterocycles. The van der Waals surface area contributed by atoms with Gasteiger partial charge in [-0.1, -0.05) is 6.07 Å². The number of hydrogen-bond acceptors (Lipinski definition) is 2. The summed E-state index contributed by atoms with van der Waals surface area (Å²) >= 11 is 5.44. The standard InChI is InChI=1S/C12H15ClF3NO2S/c1-9-4-5-10(8-11(9)12(14,15)16)17-20(18,19)7-3-2-6-13/h4-5,8,17H,2-3,6-7H2,1H3. The molecule has 8 heteroatoms. The molecular weight excluding hydrogens is 315 g/mol. The van der Waals surface area contributed by atoms with Crippen LogP contribution in [0.1, 0.15) is 24.0 Å². The number of hydrogen-bond donors (Lipinski definition) is 1. The highest BCUT2D eigenvalue weighted by Crippen LogP contribution is 2.33. The van der Waals surface area contributed by atoms with Crippen molar-refractivity contribution in [3.63, 3.8) is 0 Å². The smallest absolute Gasteiger partial charge is 0.284 e. The molecule has 114 valence electrons. The molecule has 0 saturated carbocycles. The summed E-state index contributed by atoms with van der Waals surface area (Å²) in [6.45, 7) is 1.32. The first-order chi connectivity index (χ1) is 9.15. The lowest BCUT2D eigenvalue weighted by molar-refractivity contribution is -0.138. The highest BCUT2D eigenvalue weighted by molar-refractivity contribution is 7.92. The van der Waals surface area contributed by atoms with Crippen molar-refractivity contribution in [2.45, 2.75) is 25.9 Å². The minimum absolute atomic E-state index is 0.0441. The molecular formula is C12H15ClF3NO2S.